The first-order valence-electron chi connectivity index (χ1n) is 9.66. The van der Waals surface area contributed by atoms with Crippen LogP contribution >= 0.6 is 11.3 Å². The Bertz CT molecular complexity index is 1240. The molecule has 2 N–H and O–H groups in total. The van der Waals surface area contributed by atoms with Gasteiger partial charge in [-0.1, -0.05) is 42.5 Å². The van der Waals surface area contributed by atoms with Gasteiger partial charge in [-0.2, -0.15) is 0 Å². The van der Waals surface area contributed by atoms with Gasteiger partial charge in [-0.15, -0.1) is 11.3 Å². The van der Waals surface area contributed by atoms with Crippen LogP contribution < -0.4 is 10.2 Å². The minimum absolute atomic E-state index is 0.0634. The van der Waals surface area contributed by atoms with Gasteiger partial charge in [0, 0.05) is 24.9 Å². The molecular formula is C23H20N4O3S. The van der Waals surface area contributed by atoms with E-state index in [-0.39, 0.29) is 23.6 Å². The second-order valence-corrected chi connectivity index (χ2v) is 7.99. The molecule has 0 saturated heterocycles. The highest BCUT2D eigenvalue weighted by Gasteiger charge is 2.15. The average molecular weight is 433 g/mol. The number of carboxylic acids is 1. The minimum Gasteiger partial charge on any atom is -0.478 e. The number of rotatable bonds is 7. The highest BCUT2D eigenvalue weighted by atomic mass is 32.1. The highest BCUT2D eigenvalue weighted by Crippen LogP contribution is 2.35. The van der Waals surface area contributed by atoms with E-state index in [1.165, 1.54) is 12.4 Å². The Morgan fingerprint density at radius 3 is 2.58 bits per heavy atom. The third-order valence-corrected chi connectivity index (χ3v) is 5.93. The van der Waals surface area contributed by atoms with Crippen LogP contribution in [0.15, 0.2) is 67.0 Å². The van der Waals surface area contributed by atoms with Crippen LogP contribution in [0.3, 0.4) is 0 Å². The van der Waals surface area contributed by atoms with Gasteiger partial charge >= 0.3 is 5.97 Å². The number of para-hydroxylation sites is 1. The van der Waals surface area contributed by atoms with Gasteiger partial charge in [0.05, 0.1) is 16.6 Å². The third-order valence-electron chi connectivity index (χ3n) is 4.83. The van der Waals surface area contributed by atoms with E-state index in [2.05, 4.69) is 33.5 Å². The second kappa shape index (κ2) is 8.93. The molecule has 0 atom stereocenters. The van der Waals surface area contributed by atoms with Crippen molar-refractivity contribution in [2.24, 2.45) is 0 Å². The molecule has 0 radical (unpaired) electrons. The number of carbonyl (C=O) groups is 2. The summed E-state index contributed by atoms with van der Waals surface area (Å²) in [4.78, 5) is 36.4. The lowest BCUT2D eigenvalue weighted by Gasteiger charge is -2.18. The highest BCUT2D eigenvalue weighted by molar-refractivity contribution is 7.21. The number of aromatic carboxylic acids is 1. The maximum atomic E-state index is 12.4. The lowest BCUT2D eigenvalue weighted by atomic mass is 10.1. The molecule has 0 aliphatic heterocycles. The summed E-state index contributed by atoms with van der Waals surface area (Å²) < 4.78 is 0. The summed E-state index contributed by atoms with van der Waals surface area (Å²) in [5.74, 6) is -0.591. The van der Waals surface area contributed by atoms with Crippen molar-refractivity contribution in [1.29, 1.82) is 0 Å². The summed E-state index contributed by atoms with van der Waals surface area (Å²) in [5, 5.41) is 12.9. The number of hydrogen-bond acceptors (Lipinski definition) is 6. The number of fused-ring (bicyclic) bond motifs is 1. The Balaban J connectivity index is 1.48. The van der Waals surface area contributed by atoms with Crippen LogP contribution in [0.4, 0.5) is 11.5 Å². The number of carbonyl (C=O) groups excluding carboxylic acids is 1. The van der Waals surface area contributed by atoms with Gasteiger partial charge in [0.1, 0.15) is 17.0 Å². The number of thiophene rings is 1. The first-order valence-corrected chi connectivity index (χ1v) is 10.5. The standard InChI is InChI=1S/C23H20N4O3S/c1-27(12-11-20(28)26-18-10-6-5-9-16(18)23(29)30)21-17-13-19(15-7-3-2-4-8-15)31-22(17)25-14-24-21/h2-10,13-14H,11-12H2,1H3,(H,26,28)(H,29,30). The number of aromatic nitrogens is 2. The zero-order chi connectivity index (χ0) is 21.8. The molecule has 4 rings (SSSR count). The van der Waals surface area contributed by atoms with Crippen LogP contribution in [-0.2, 0) is 4.79 Å². The summed E-state index contributed by atoms with van der Waals surface area (Å²) in [7, 11) is 1.88. The fourth-order valence-corrected chi connectivity index (χ4v) is 4.26. The van der Waals surface area contributed by atoms with Crippen molar-refractivity contribution in [1.82, 2.24) is 9.97 Å². The van der Waals surface area contributed by atoms with Crippen molar-refractivity contribution in [3.05, 3.63) is 72.6 Å². The van der Waals surface area contributed by atoms with Crippen molar-refractivity contribution in [3.63, 3.8) is 0 Å². The molecule has 31 heavy (non-hydrogen) atoms. The van der Waals surface area contributed by atoms with Gasteiger partial charge < -0.3 is 15.3 Å². The normalized spacial score (nSPS) is 10.7. The first kappa shape index (κ1) is 20.5. The lowest BCUT2D eigenvalue weighted by Crippen LogP contribution is -2.25. The Morgan fingerprint density at radius 2 is 1.81 bits per heavy atom. The van der Waals surface area contributed by atoms with E-state index >= 15 is 0 Å². The average Bonchev–Trinajstić information content (AvgIpc) is 3.23. The number of nitrogens with zero attached hydrogens (tertiary/aromatic N) is 3. The number of nitrogens with one attached hydrogen (secondary N) is 1. The number of anilines is 2. The Kier molecular flexibility index (Phi) is 5.90. The molecule has 2 heterocycles. The monoisotopic (exact) mass is 432 g/mol. The van der Waals surface area contributed by atoms with Gasteiger partial charge in [0.15, 0.2) is 0 Å². The number of carboxylic acid groups (broad SMARTS) is 1. The van der Waals surface area contributed by atoms with Crippen LogP contribution in [0.5, 0.6) is 0 Å². The maximum absolute atomic E-state index is 12.4. The number of benzene rings is 2. The van der Waals surface area contributed by atoms with Gasteiger partial charge in [-0.05, 0) is 23.8 Å². The smallest absolute Gasteiger partial charge is 0.337 e. The van der Waals surface area contributed by atoms with E-state index in [9.17, 15) is 14.7 Å². The second-order valence-electron chi connectivity index (χ2n) is 6.96. The Morgan fingerprint density at radius 1 is 1.06 bits per heavy atom. The van der Waals surface area contributed by atoms with Gasteiger partial charge in [0.25, 0.3) is 0 Å². The van der Waals surface area contributed by atoms with Crippen molar-refractivity contribution < 1.29 is 14.7 Å². The predicted molar refractivity (Wildman–Crippen MR) is 123 cm³/mol. The van der Waals surface area contributed by atoms with Crippen LogP contribution in [0.25, 0.3) is 20.7 Å². The fraction of sp³-hybridized carbons (Fsp3) is 0.130. The Hall–Kier alpha value is -3.78. The lowest BCUT2D eigenvalue weighted by molar-refractivity contribution is -0.116. The van der Waals surface area contributed by atoms with Crippen LogP contribution in [0, 0.1) is 0 Å². The Labute approximate surface area is 183 Å². The number of hydrogen-bond donors (Lipinski definition) is 2. The molecule has 7 nitrogen and oxygen atoms in total. The summed E-state index contributed by atoms with van der Waals surface area (Å²) in [6.07, 6.45) is 1.72. The molecule has 156 valence electrons. The maximum Gasteiger partial charge on any atom is 0.337 e. The molecular weight excluding hydrogens is 412 g/mol. The van der Waals surface area contributed by atoms with E-state index in [0.29, 0.717) is 6.54 Å². The predicted octanol–water partition coefficient (Wildman–Crippen LogP) is 4.52. The van der Waals surface area contributed by atoms with Crippen molar-refractivity contribution in [2.45, 2.75) is 6.42 Å². The SMILES string of the molecule is CN(CCC(=O)Nc1ccccc1C(=O)O)c1ncnc2sc(-c3ccccc3)cc12. The summed E-state index contributed by atoms with van der Waals surface area (Å²) in [5.41, 5.74) is 1.47. The van der Waals surface area contributed by atoms with E-state index < -0.39 is 5.97 Å². The van der Waals surface area contributed by atoms with E-state index in [1.54, 1.807) is 29.5 Å². The summed E-state index contributed by atoms with van der Waals surface area (Å²) in [6.45, 7) is 0.420. The van der Waals surface area contributed by atoms with Crippen LogP contribution in [0.1, 0.15) is 16.8 Å². The van der Waals surface area contributed by atoms with Gasteiger partial charge in [-0.3, -0.25) is 4.79 Å². The molecule has 1 amide bonds. The largest absolute Gasteiger partial charge is 0.478 e. The molecule has 2 aromatic heterocycles. The van der Waals surface area contributed by atoms with E-state index in [4.69, 9.17) is 0 Å². The van der Waals surface area contributed by atoms with Crippen LogP contribution in [-0.4, -0.2) is 40.5 Å². The van der Waals surface area contributed by atoms with E-state index in [1.807, 2.05) is 30.1 Å². The molecule has 2 aromatic carbocycles. The molecule has 0 fully saturated rings. The van der Waals surface area contributed by atoms with Crippen molar-refractivity contribution in [3.8, 4) is 10.4 Å². The molecule has 0 bridgehead atoms. The van der Waals surface area contributed by atoms with Crippen LogP contribution in [0.2, 0.25) is 0 Å². The fourth-order valence-electron chi connectivity index (χ4n) is 3.26. The molecule has 0 aliphatic carbocycles. The first-order chi connectivity index (χ1) is 15.0. The van der Waals surface area contributed by atoms with Gasteiger partial charge in [-0.25, -0.2) is 14.8 Å². The molecule has 0 unspecified atom stereocenters. The minimum atomic E-state index is -1.08. The molecule has 0 aliphatic rings. The quantitative estimate of drug-likeness (QED) is 0.446. The number of amides is 1. The summed E-state index contributed by atoms with van der Waals surface area (Å²) >= 11 is 1.60. The molecule has 4 aromatic rings. The topological polar surface area (TPSA) is 95.4 Å². The zero-order valence-electron chi connectivity index (χ0n) is 16.8. The zero-order valence-corrected chi connectivity index (χ0v) is 17.6. The third kappa shape index (κ3) is 4.54. The summed E-state index contributed by atoms with van der Waals surface area (Å²) in [6, 6.07) is 18.5. The van der Waals surface area contributed by atoms with Crippen molar-refractivity contribution in [2.75, 3.05) is 23.8 Å². The van der Waals surface area contributed by atoms with Gasteiger partial charge in [0.2, 0.25) is 5.91 Å². The molecule has 8 heteroatoms. The van der Waals surface area contributed by atoms with E-state index in [0.717, 1.165) is 26.5 Å². The van der Waals surface area contributed by atoms with Crippen molar-refractivity contribution >= 4 is 44.9 Å². The molecule has 0 saturated carbocycles. The molecule has 0 spiro atoms.